The maximum atomic E-state index is 5.54. The van der Waals surface area contributed by atoms with Gasteiger partial charge in [-0.25, -0.2) is 9.98 Å². The summed E-state index contributed by atoms with van der Waals surface area (Å²) in [6.45, 7) is 10.3. The summed E-state index contributed by atoms with van der Waals surface area (Å²) in [4.78, 5) is 10.00. The molecule has 0 unspecified atom stereocenters. The number of nitrogens with one attached hydrogen (secondary N) is 2. The SMILES string of the molecule is CCCCOCCCNC(=NCc1cnc(C)s1)NCC. The molecular weight excluding hydrogens is 284 g/mol. The van der Waals surface area contributed by atoms with Gasteiger partial charge in [-0.3, -0.25) is 0 Å². The number of aryl methyl sites for hydroxylation is 1. The molecule has 0 amide bonds. The zero-order valence-corrected chi connectivity index (χ0v) is 14.3. The first-order chi connectivity index (χ1) is 10.3. The highest BCUT2D eigenvalue weighted by atomic mass is 32.1. The Morgan fingerprint density at radius 1 is 1.29 bits per heavy atom. The first-order valence-electron chi connectivity index (χ1n) is 7.77. The van der Waals surface area contributed by atoms with Gasteiger partial charge >= 0.3 is 0 Å². The molecule has 0 atom stereocenters. The van der Waals surface area contributed by atoms with Crippen molar-refractivity contribution in [1.82, 2.24) is 15.6 Å². The van der Waals surface area contributed by atoms with Crippen LogP contribution in [0.4, 0.5) is 0 Å². The Morgan fingerprint density at radius 3 is 2.76 bits per heavy atom. The molecular formula is C15H28N4OS. The quantitative estimate of drug-likeness (QED) is 0.396. The third kappa shape index (κ3) is 8.67. The molecule has 0 saturated carbocycles. The summed E-state index contributed by atoms with van der Waals surface area (Å²) < 4.78 is 5.54. The summed E-state index contributed by atoms with van der Waals surface area (Å²) in [6.07, 6.45) is 5.22. The van der Waals surface area contributed by atoms with Gasteiger partial charge in [-0.1, -0.05) is 13.3 Å². The third-order valence-corrected chi connectivity index (χ3v) is 3.70. The second kappa shape index (κ2) is 11.5. The number of ether oxygens (including phenoxy) is 1. The van der Waals surface area contributed by atoms with Gasteiger partial charge in [0.25, 0.3) is 0 Å². The minimum atomic E-state index is 0.674. The maximum Gasteiger partial charge on any atom is 0.191 e. The van der Waals surface area contributed by atoms with Gasteiger partial charge in [-0.15, -0.1) is 11.3 Å². The predicted molar refractivity (Wildman–Crippen MR) is 90.0 cm³/mol. The lowest BCUT2D eigenvalue weighted by Crippen LogP contribution is -2.38. The fourth-order valence-corrected chi connectivity index (χ4v) is 2.43. The van der Waals surface area contributed by atoms with E-state index in [-0.39, 0.29) is 0 Å². The summed E-state index contributed by atoms with van der Waals surface area (Å²) in [7, 11) is 0. The van der Waals surface area contributed by atoms with E-state index in [1.54, 1.807) is 11.3 Å². The summed E-state index contributed by atoms with van der Waals surface area (Å²) in [5, 5.41) is 7.67. The van der Waals surface area contributed by atoms with Crippen LogP contribution < -0.4 is 10.6 Å². The minimum Gasteiger partial charge on any atom is -0.381 e. The Balaban J connectivity index is 2.22. The van der Waals surface area contributed by atoms with Crippen molar-refractivity contribution in [3.8, 4) is 0 Å². The van der Waals surface area contributed by atoms with Gasteiger partial charge in [-0.05, 0) is 26.7 Å². The molecule has 1 aromatic rings. The van der Waals surface area contributed by atoms with Crippen LogP contribution in [-0.2, 0) is 11.3 Å². The van der Waals surface area contributed by atoms with Crippen LogP contribution in [0.2, 0.25) is 0 Å². The fourth-order valence-electron chi connectivity index (χ4n) is 1.71. The number of hydrogen-bond acceptors (Lipinski definition) is 4. The molecule has 1 rings (SSSR count). The topological polar surface area (TPSA) is 58.5 Å². The van der Waals surface area contributed by atoms with Crippen LogP contribution >= 0.6 is 11.3 Å². The van der Waals surface area contributed by atoms with Gasteiger partial charge in [0.2, 0.25) is 0 Å². The number of rotatable bonds is 10. The van der Waals surface area contributed by atoms with E-state index in [1.165, 1.54) is 11.3 Å². The fraction of sp³-hybridized carbons (Fsp3) is 0.733. The molecule has 0 fully saturated rings. The molecule has 2 N–H and O–H groups in total. The van der Waals surface area contributed by atoms with Crippen molar-refractivity contribution in [3.05, 3.63) is 16.1 Å². The molecule has 1 aromatic heterocycles. The Morgan fingerprint density at radius 2 is 2.10 bits per heavy atom. The molecule has 0 saturated heterocycles. The summed E-state index contributed by atoms with van der Waals surface area (Å²) in [5.74, 6) is 0.858. The number of guanidine groups is 1. The molecule has 5 nitrogen and oxygen atoms in total. The molecule has 0 aliphatic rings. The number of aromatic nitrogens is 1. The largest absolute Gasteiger partial charge is 0.381 e. The van der Waals surface area contributed by atoms with E-state index in [4.69, 9.17) is 4.74 Å². The number of hydrogen-bond donors (Lipinski definition) is 2. The van der Waals surface area contributed by atoms with Crippen LogP contribution in [0.1, 0.15) is 43.0 Å². The van der Waals surface area contributed by atoms with Gasteiger partial charge in [0, 0.05) is 37.4 Å². The minimum absolute atomic E-state index is 0.674. The second-order valence-electron chi connectivity index (χ2n) is 4.79. The van der Waals surface area contributed by atoms with E-state index in [0.717, 1.165) is 50.1 Å². The Bertz CT molecular complexity index is 406. The van der Waals surface area contributed by atoms with Gasteiger partial charge in [-0.2, -0.15) is 0 Å². The highest BCUT2D eigenvalue weighted by molar-refractivity contribution is 7.11. The molecule has 0 bridgehead atoms. The van der Waals surface area contributed by atoms with E-state index in [2.05, 4.69) is 34.5 Å². The lowest BCUT2D eigenvalue weighted by molar-refractivity contribution is 0.129. The van der Waals surface area contributed by atoms with Gasteiger partial charge in [0.15, 0.2) is 5.96 Å². The average Bonchev–Trinajstić information content (AvgIpc) is 2.89. The smallest absolute Gasteiger partial charge is 0.191 e. The first kappa shape index (κ1) is 17.9. The molecule has 0 radical (unpaired) electrons. The van der Waals surface area contributed by atoms with Gasteiger partial charge in [0.05, 0.1) is 11.6 Å². The highest BCUT2D eigenvalue weighted by Gasteiger charge is 2.00. The molecule has 0 spiro atoms. The van der Waals surface area contributed by atoms with Gasteiger partial charge < -0.3 is 15.4 Å². The van der Waals surface area contributed by atoms with Crippen molar-refractivity contribution in [2.24, 2.45) is 4.99 Å². The molecule has 1 heterocycles. The van der Waals surface area contributed by atoms with Crippen LogP contribution in [0.15, 0.2) is 11.2 Å². The van der Waals surface area contributed by atoms with Crippen LogP contribution in [-0.4, -0.2) is 37.2 Å². The Labute approximate surface area is 132 Å². The third-order valence-electron chi connectivity index (χ3n) is 2.81. The maximum absolute atomic E-state index is 5.54. The van der Waals surface area contributed by atoms with Crippen molar-refractivity contribution < 1.29 is 4.74 Å². The standard InChI is InChI=1S/C15H28N4OS/c1-4-6-9-20-10-7-8-17-15(16-5-2)19-12-14-11-18-13(3)21-14/h11H,4-10,12H2,1-3H3,(H2,16,17,19). The van der Waals surface area contributed by atoms with Crippen molar-refractivity contribution in [2.45, 2.75) is 46.6 Å². The summed E-state index contributed by atoms with van der Waals surface area (Å²) in [6, 6.07) is 0. The van der Waals surface area contributed by atoms with E-state index in [1.807, 2.05) is 13.1 Å². The zero-order chi connectivity index (χ0) is 15.3. The molecule has 120 valence electrons. The van der Waals surface area contributed by atoms with Crippen molar-refractivity contribution in [3.63, 3.8) is 0 Å². The van der Waals surface area contributed by atoms with E-state index in [0.29, 0.717) is 6.54 Å². The van der Waals surface area contributed by atoms with E-state index < -0.39 is 0 Å². The lowest BCUT2D eigenvalue weighted by atomic mass is 10.4. The van der Waals surface area contributed by atoms with Crippen molar-refractivity contribution in [2.75, 3.05) is 26.3 Å². The monoisotopic (exact) mass is 312 g/mol. The molecule has 6 heteroatoms. The van der Waals surface area contributed by atoms with Crippen molar-refractivity contribution in [1.29, 1.82) is 0 Å². The Kier molecular flexibility index (Phi) is 9.82. The molecule has 0 aromatic carbocycles. The van der Waals surface area contributed by atoms with Crippen molar-refractivity contribution >= 4 is 17.3 Å². The lowest BCUT2D eigenvalue weighted by Gasteiger charge is -2.11. The predicted octanol–water partition coefficient (Wildman–Crippen LogP) is 2.71. The molecule has 0 aliphatic heterocycles. The summed E-state index contributed by atoms with van der Waals surface area (Å²) in [5.41, 5.74) is 0. The average molecular weight is 312 g/mol. The normalized spacial score (nSPS) is 11.7. The number of aliphatic imine (C=N–C) groups is 1. The number of thiazole rings is 1. The molecule has 21 heavy (non-hydrogen) atoms. The second-order valence-corrected chi connectivity index (χ2v) is 6.11. The highest BCUT2D eigenvalue weighted by Crippen LogP contribution is 2.12. The van der Waals surface area contributed by atoms with E-state index >= 15 is 0 Å². The van der Waals surface area contributed by atoms with Crippen LogP contribution in [0.5, 0.6) is 0 Å². The molecule has 0 aliphatic carbocycles. The van der Waals surface area contributed by atoms with Crippen LogP contribution in [0, 0.1) is 6.92 Å². The first-order valence-corrected chi connectivity index (χ1v) is 8.59. The number of nitrogens with zero attached hydrogens (tertiary/aromatic N) is 2. The number of unbranched alkanes of at least 4 members (excludes halogenated alkanes) is 1. The van der Waals surface area contributed by atoms with Crippen LogP contribution in [0.25, 0.3) is 0 Å². The van der Waals surface area contributed by atoms with Crippen LogP contribution in [0.3, 0.4) is 0 Å². The summed E-state index contributed by atoms with van der Waals surface area (Å²) >= 11 is 1.69. The van der Waals surface area contributed by atoms with Gasteiger partial charge in [0.1, 0.15) is 0 Å². The Hall–Kier alpha value is -1.14. The zero-order valence-electron chi connectivity index (χ0n) is 13.4. The van der Waals surface area contributed by atoms with E-state index in [9.17, 15) is 0 Å².